The second-order valence-corrected chi connectivity index (χ2v) is 12.0. The van der Waals surface area contributed by atoms with Crippen LogP contribution in [0.3, 0.4) is 0 Å². The van der Waals surface area contributed by atoms with Gasteiger partial charge < -0.3 is 10.1 Å². The molecule has 4 rings (SSSR count). The molecule has 2 aromatic rings. The summed E-state index contributed by atoms with van der Waals surface area (Å²) in [6.07, 6.45) is 7.33. The lowest BCUT2D eigenvalue weighted by molar-refractivity contribution is -0.131. The molecule has 0 radical (unpaired) electrons. The lowest BCUT2D eigenvalue weighted by atomic mass is 10.0. The Morgan fingerprint density at radius 1 is 0.906 bits per heavy atom. The Bertz CT molecular complexity index is 788. The van der Waals surface area contributed by atoms with E-state index in [0.717, 1.165) is 15.8 Å². The molecule has 0 spiro atoms. The van der Waals surface area contributed by atoms with Crippen LogP contribution in [-0.2, 0) is 9.53 Å². The number of nitrogens with one attached hydrogen (secondary N) is 1. The fourth-order valence-corrected chi connectivity index (χ4v) is 5.36. The standard InChI is InChI=1S/C10H10ClNO2.C10H20S.C6H5Cl/c11-8-3-1-7(2-4-8)9-5-14-6-10(13)12-9;1-10(2,3)11-9-7-5-4-6-8-9;7-6-4-2-1-3-5-6/h1-4,9H,5-6H2,(H,12,13);9H,4-8H2,1-3H3;1-5H. The van der Waals surface area contributed by atoms with Crippen molar-refractivity contribution in [2.75, 3.05) is 13.2 Å². The van der Waals surface area contributed by atoms with E-state index in [2.05, 4.69) is 37.8 Å². The molecule has 1 aliphatic heterocycles. The topological polar surface area (TPSA) is 38.3 Å². The molecule has 6 heteroatoms. The van der Waals surface area contributed by atoms with Gasteiger partial charge in [0.25, 0.3) is 0 Å². The highest BCUT2D eigenvalue weighted by Gasteiger charge is 2.21. The zero-order valence-electron chi connectivity index (χ0n) is 19.3. The van der Waals surface area contributed by atoms with Crippen LogP contribution < -0.4 is 5.32 Å². The van der Waals surface area contributed by atoms with Gasteiger partial charge >= 0.3 is 0 Å². The van der Waals surface area contributed by atoms with Crippen molar-refractivity contribution in [3.8, 4) is 0 Å². The zero-order valence-corrected chi connectivity index (χ0v) is 21.6. The number of thioether (sulfide) groups is 1. The van der Waals surface area contributed by atoms with Gasteiger partial charge in [0.2, 0.25) is 5.91 Å². The summed E-state index contributed by atoms with van der Waals surface area (Å²) in [5.74, 6) is -0.0730. The summed E-state index contributed by atoms with van der Waals surface area (Å²) in [4.78, 5) is 11.1. The summed E-state index contributed by atoms with van der Waals surface area (Å²) in [6, 6.07) is 16.8. The van der Waals surface area contributed by atoms with E-state index >= 15 is 0 Å². The van der Waals surface area contributed by atoms with E-state index in [1.807, 2.05) is 42.5 Å². The number of carbonyl (C=O) groups excluding carboxylic acids is 1. The molecule has 1 amide bonds. The molecule has 2 aliphatic rings. The maximum atomic E-state index is 11.1. The summed E-state index contributed by atoms with van der Waals surface area (Å²) >= 11 is 13.5. The monoisotopic (exact) mass is 495 g/mol. The fourth-order valence-electron chi connectivity index (χ4n) is 3.52. The zero-order chi connectivity index (χ0) is 23.4. The van der Waals surface area contributed by atoms with Crippen LogP contribution in [0, 0.1) is 0 Å². The van der Waals surface area contributed by atoms with Crippen LogP contribution in [0.15, 0.2) is 54.6 Å². The van der Waals surface area contributed by atoms with E-state index in [9.17, 15) is 4.79 Å². The van der Waals surface area contributed by atoms with E-state index in [-0.39, 0.29) is 18.6 Å². The number of benzene rings is 2. The second-order valence-electron chi connectivity index (χ2n) is 8.97. The van der Waals surface area contributed by atoms with Crippen molar-refractivity contribution < 1.29 is 9.53 Å². The molecule has 32 heavy (non-hydrogen) atoms. The third-order valence-corrected chi connectivity index (χ3v) is 6.95. The average molecular weight is 497 g/mol. The Morgan fingerprint density at radius 2 is 1.50 bits per heavy atom. The number of rotatable bonds is 2. The molecule has 2 fully saturated rings. The number of halogens is 2. The van der Waals surface area contributed by atoms with Crippen LogP contribution in [0.1, 0.15) is 64.5 Å². The molecule has 1 heterocycles. The van der Waals surface area contributed by atoms with Gasteiger partial charge in [0, 0.05) is 20.0 Å². The van der Waals surface area contributed by atoms with Crippen LogP contribution in [0.4, 0.5) is 0 Å². The van der Waals surface area contributed by atoms with Crippen molar-refractivity contribution in [2.45, 2.75) is 68.9 Å². The number of hydrogen-bond donors (Lipinski definition) is 1. The van der Waals surface area contributed by atoms with Gasteiger partial charge in [-0.15, -0.1) is 0 Å². The second kappa shape index (κ2) is 14.1. The minimum absolute atomic E-state index is 0.0477. The molecule has 1 aliphatic carbocycles. The lowest BCUT2D eigenvalue weighted by Crippen LogP contribution is -2.39. The maximum absolute atomic E-state index is 11.1. The molecule has 1 saturated heterocycles. The smallest absolute Gasteiger partial charge is 0.246 e. The van der Waals surface area contributed by atoms with E-state index in [0.29, 0.717) is 16.4 Å². The van der Waals surface area contributed by atoms with Crippen LogP contribution >= 0.6 is 35.0 Å². The van der Waals surface area contributed by atoms with Crippen molar-refractivity contribution >= 4 is 40.9 Å². The molecule has 1 saturated carbocycles. The van der Waals surface area contributed by atoms with Crippen molar-refractivity contribution in [1.29, 1.82) is 0 Å². The van der Waals surface area contributed by atoms with E-state index < -0.39 is 0 Å². The molecule has 2 aromatic carbocycles. The van der Waals surface area contributed by atoms with Crippen molar-refractivity contribution in [1.82, 2.24) is 5.32 Å². The van der Waals surface area contributed by atoms with E-state index in [1.54, 1.807) is 12.1 Å². The maximum Gasteiger partial charge on any atom is 0.246 e. The number of ether oxygens (including phenoxy) is 1. The average Bonchev–Trinajstić information content (AvgIpc) is 2.75. The molecule has 0 aromatic heterocycles. The Kier molecular flexibility index (Phi) is 12.0. The number of amides is 1. The van der Waals surface area contributed by atoms with E-state index in [1.165, 1.54) is 32.1 Å². The highest BCUT2D eigenvalue weighted by molar-refractivity contribution is 8.01. The normalized spacial score (nSPS) is 19.0. The summed E-state index contributed by atoms with van der Waals surface area (Å²) in [6.45, 7) is 7.66. The third kappa shape index (κ3) is 11.6. The minimum Gasteiger partial charge on any atom is -0.369 e. The first-order valence-corrected chi connectivity index (χ1v) is 12.9. The summed E-state index contributed by atoms with van der Waals surface area (Å²) in [7, 11) is 0. The fraction of sp³-hybridized carbons (Fsp3) is 0.500. The van der Waals surface area contributed by atoms with Gasteiger partial charge in [0.05, 0.1) is 12.6 Å². The quantitative estimate of drug-likeness (QED) is 0.463. The summed E-state index contributed by atoms with van der Waals surface area (Å²) < 4.78 is 5.61. The summed E-state index contributed by atoms with van der Waals surface area (Å²) in [5.41, 5.74) is 1.02. The molecule has 1 atom stereocenters. The largest absolute Gasteiger partial charge is 0.369 e. The molecule has 3 nitrogen and oxygen atoms in total. The van der Waals surface area contributed by atoms with Crippen LogP contribution in [-0.4, -0.2) is 29.1 Å². The first-order chi connectivity index (χ1) is 15.2. The van der Waals surface area contributed by atoms with Crippen LogP contribution in [0.25, 0.3) is 0 Å². The Labute approximate surface area is 207 Å². The molecular weight excluding hydrogens is 461 g/mol. The predicted octanol–water partition coefficient (Wildman–Crippen LogP) is 7.72. The summed E-state index contributed by atoms with van der Waals surface area (Å²) in [5, 5.41) is 5.29. The van der Waals surface area contributed by atoms with Gasteiger partial charge in [0.15, 0.2) is 0 Å². The molecule has 1 N–H and O–H groups in total. The molecule has 1 unspecified atom stereocenters. The van der Waals surface area contributed by atoms with Gasteiger partial charge in [-0.25, -0.2) is 0 Å². The Morgan fingerprint density at radius 3 is 2.00 bits per heavy atom. The highest BCUT2D eigenvalue weighted by Crippen LogP contribution is 2.36. The number of carbonyl (C=O) groups is 1. The van der Waals surface area contributed by atoms with Crippen molar-refractivity contribution in [3.05, 3.63) is 70.2 Å². The minimum atomic E-state index is -0.0730. The third-order valence-electron chi connectivity index (χ3n) is 4.93. The molecular formula is C26H35Cl2NO2S. The highest BCUT2D eigenvalue weighted by atomic mass is 35.5. The SMILES string of the molecule is CC(C)(C)SC1CCCCC1.Clc1ccccc1.O=C1COCC(c2ccc(Cl)cc2)N1. The Balaban J connectivity index is 0.000000180. The van der Waals surface area contributed by atoms with Crippen molar-refractivity contribution in [3.63, 3.8) is 0 Å². The van der Waals surface area contributed by atoms with E-state index in [4.69, 9.17) is 27.9 Å². The number of hydrogen-bond acceptors (Lipinski definition) is 3. The first-order valence-electron chi connectivity index (χ1n) is 11.2. The molecule has 0 bridgehead atoms. The Hall–Kier alpha value is -1.20. The van der Waals surface area contributed by atoms with Gasteiger partial charge in [-0.3, -0.25) is 4.79 Å². The predicted molar refractivity (Wildman–Crippen MR) is 139 cm³/mol. The van der Waals surface area contributed by atoms with Gasteiger partial charge in [-0.1, -0.05) is 93.6 Å². The lowest BCUT2D eigenvalue weighted by Gasteiger charge is -2.28. The van der Waals surface area contributed by atoms with Crippen LogP contribution in [0.2, 0.25) is 10.0 Å². The van der Waals surface area contributed by atoms with Crippen molar-refractivity contribution in [2.24, 2.45) is 0 Å². The molecule has 176 valence electrons. The number of morpholine rings is 1. The van der Waals surface area contributed by atoms with Gasteiger partial charge in [-0.05, 0) is 42.7 Å². The van der Waals surface area contributed by atoms with Crippen LogP contribution in [0.5, 0.6) is 0 Å². The van der Waals surface area contributed by atoms with Gasteiger partial charge in [-0.2, -0.15) is 11.8 Å². The first kappa shape index (κ1) is 27.0. The van der Waals surface area contributed by atoms with Gasteiger partial charge in [0.1, 0.15) is 6.61 Å².